The molecule has 0 aromatic carbocycles. The zero-order chi connectivity index (χ0) is 15.9. The molecule has 2 N–H and O–H groups in total. The van der Waals surface area contributed by atoms with Crippen LogP contribution in [0.4, 0.5) is 0 Å². The summed E-state index contributed by atoms with van der Waals surface area (Å²) in [4.78, 5) is 15.1. The van der Waals surface area contributed by atoms with Crippen LogP contribution >= 0.6 is 11.3 Å². The Balaban J connectivity index is 1.51. The molecule has 5 heteroatoms. The minimum atomic E-state index is 0.210. The molecule has 1 aliphatic carbocycles. The van der Waals surface area contributed by atoms with Crippen LogP contribution in [0.15, 0.2) is 17.5 Å². The van der Waals surface area contributed by atoms with E-state index in [2.05, 4.69) is 22.8 Å². The molecule has 23 heavy (non-hydrogen) atoms. The molecular formula is C18H29N2O2S+. The van der Waals surface area contributed by atoms with Gasteiger partial charge in [0.2, 0.25) is 0 Å². The highest BCUT2D eigenvalue weighted by Crippen LogP contribution is 2.17. The monoisotopic (exact) mass is 337 g/mol. The number of hydrogen-bond donors (Lipinski definition) is 2. The van der Waals surface area contributed by atoms with Crippen LogP contribution in [0.2, 0.25) is 0 Å². The second-order valence-electron chi connectivity index (χ2n) is 6.92. The molecule has 3 rings (SSSR count). The Labute approximate surface area is 143 Å². The number of thiophene rings is 1. The highest BCUT2D eigenvalue weighted by molar-refractivity contribution is 7.09. The molecular weight excluding hydrogens is 308 g/mol. The number of nitrogens with one attached hydrogen (secondary N) is 2. The summed E-state index contributed by atoms with van der Waals surface area (Å²) in [7, 11) is 0. The van der Waals surface area contributed by atoms with Crippen molar-refractivity contribution in [2.24, 2.45) is 0 Å². The maximum absolute atomic E-state index is 12.5. The van der Waals surface area contributed by atoms with Crippen molar-refractivity contribution in [3.8, 4) is 0 Å². The average Bonchev–Trinajstić information content (AvgIpc) is 3.22. The fraction of sp³-hybridized carbons (Fsp3) is 0.722. The van der Waals surface area contributed by atoms with Gasteiger partial charge >= 0.3 is 0 Å². The van der Waals surface area contributed by atoms with Gasteiger partial charge in [0.25, 0.3) is 5.91 Å². The van der Waals surface area contributed by atoms with Gasteiger partial charge in [-0.3, -0.25) is 4.79 Å². The van der Waals surface area contributed by atoms with Gasteiger partial charge in [-0.2, -0.15) is 0 Å². The van der Waals surface area contributed by atoms with E-state index in [-0.39, 0.29) is 5.91 Å². The Morgan fingerprint density at radius 3 is 2.83 bits per heavy atom. The van der Waals surface area contributed by atoms with Crippen LogP contribution < -0.4 is 10.2 Å². The summed E-state index contributed by atoms with van der Waals surface area (Å²) in [5, 5.41) is 5.37. The van der Waals surface area contributed by atoms with E-state index in [1.807, 2.05) is 0 Å². The summed E-state index contributed by atoms with van der Waals surface area (Å²) in [6, 6.07) is 4.66. The van der Waals surface area contributed by atoms with Crippen molar-refractivity contribution in [2.75, 3.05) is 19.7 Å². The van der Waals surface area contributed by atoms with Crippen molar-refractivity contribution in [3.63, 3.8) is 0 Å². The van der Waals surface area contributed by atoms with E-state index in [1.54, 1.807) is 11.3 Å². The summed E-state index contributed by atoms with van der Waals surface area (Å²) in [5.41, 5.74) is 0. The second kappa shape index (κ2) is 8.81. The molecule has 1 aliphatic heterocycles. The van der Waals surface area contributed by atoms with Gasteiger partial charge in [-0.1, -0.05) is 25.3 Å². The molecule has 1 aromatic rings. The van der Waals surface area contributed by atoms with E-state index in [0.717, 1.165) is 45.4 Å². The number of carbonyl (C=O) groups is 1. The zero-order valence-electron chi connectivity index (χ0n) is 13.9. The van der Waals surface area contributed by atoms with Gasteiger partial charge in [0.15, 0.2) is 6.54 Å². The number of ether oxygens (including phenoxy) is 1. The first-order valence-electron chi connectivity index (χ1n) is 9.06. The Bertz CT molecular complexity index is 465. The third-order valence-corrected chi connectivity index (χ3v) is 5.80. The quantitative estimate of drug-likeness (QED) is 0.796. The second-order valence-corrected chi connectivity index (χ2v) is 7.96. The molecule has 0 bridgehead atoms. The van der Waals surface area contributed by atoms with Crippen molar-refractivity contribution >= 4 is 17.2 Å². The smallest absolute Gasteiger partial charge is 0.275 e. The third kappa shape index (κ3) is 5.59. The van der Waals surface area contributed by atoms with Crippen LogP contribution in [0.5, 0.6) is 0 Å². The lowest BCUT2D eigenvalue weighted by atomic mass is 9.95. The summed E-state index contributed by atoms with van der Waals surface area (Å²) < 4.78 is 5.79. The standard InChI is InChI=1S/C18H28N2O2S/c21-18(19-15-6-2-1-3-7-15)14-20(12-16-8-4-10-22-16)13-17-9-5-11-23-17/h5,9,11,15-16H,1-4,6-8,10,12-14H2,(H,19,21)/p+1/t16-/m0/s1. The summed E-state index contributed by atoms with van der Waals surface area (Å²) >= 11 is 1.78. The van der Waals surface area contributed by atoms with Crippen molar-refractivity contribution in [1.82, 2.24) is 5.32 Å². The highest BCUT2D eigenvalue weighted by atomic mass is 32.1. The Morgan fingerprint density at radius 1 is 1.26 bits per heavy atom. The topological polar surface area (TPSA) is 42.8 Å². The van der Waals surface area contributed by atoms with E-state index in [4.69, 9.17) is 4.74 Å². The fourth-order valence-corrected chi connectivity index (χ4v) is 4.52. The first-order chi connectivity index (χ1) is 11.3. The van der Waals surface area contributed by atoms with Gasteiger partial charge in [0.1, 0.15) is 19.2 Å². The molecule has 2 fully saturated rings. The fourth-order valence-electron chi connectivity index (χ4n) is 3.75. The average molecular weight is 338 g/mol. The zero-order valence-corrected chi connectivity index (χ0v) is 14.7. The van der Waals surface area contributed by atoms with Crippen LogP contribution in [0.25, 0.3) is 0 Å². The van der Waals surface area contributed by atoms with E-state index >= 15 is 0 Å². The largest absolute Gasteiger partial charge is 0.372 e. The molecule has 0 spiro atoms. The van der Waals surface area contributed by atoms with Crippen LogP contribution in [0.1, 0.15) is 49.8 Å². The van der Waals surface area contributed by atoms with Crippen molar-refractivity contribution in [3.05, 3.63) is 22.4 Å². The van der Waals surface area contributed by atoms with Gasteiger partial charge in [0, 0.05) is 12.6 Å². The number of rotatable bonds is 7. The van der Waals surface area contributed by atoms with E-state index < -0.39 is 0 Å². The Kier molecular flexibility index (Phi) is 6.48. The van der Waals surface area contributed by atoms with E-state index in [1.165, 1.54) is 29.0 Å². The van der Waals surface area contributed by atoms with Crippen LogP contribution in [0, 0.1) is 0 Å². The van der Waals surface area contributed by atoms with Gasteiger partial charge in [-0.25, -0.2) is 0 Å². The Morgan fingerprint density at radius 2 is 2.13 bits per heavy atom. The Hall–Kier alpha value is -0.910. The van der Waals surface area contributed by atoms with Crippen molar-refractivity contribution < 1.29 is 14.4 Å². The van der Waals surface area contributed by atoms with E-state index in [9.17, 15) is 4.79 Å². The first kappa shape index (κ1) is 16.9. The normalized spacial score (nSPS) is 23.7. The minimum absolute atomic E-state index is 0.210. The first-order valence-corrected chi connectivity index (χ1v) is 9.94. The molecule has 1 saturated heterocycles. The lowest BCUT2D eigenvalue weighted by Crippen LogP contribution is -3.13. The molecule has 1 unspecified atom stereocenters. The van der Waals surface area contributed by atoms with Gasteiger partial charge in [-0.15, -0.1) is 11.3 Å². The number of carbonyl (C=O) groups excluding carboxylic acids is 1. The maximum atomic E-state index is 12.5. The lowest BCUT2D eigenvalue weighted by molar-refractivity contribution is -0.908. The number of quaternary nitrogens is 1. The molecule has 128 valence electrons. The summed E-state index contributed by atoms with van der Waals surface area (Å²) in [6.07, 6.45) is 8.76. The molecule has 1 amide bonds. The van der Waals surface area contributed by atoms with Crippen LogP contribution in [-0.2, 0) is 16.1 Å². The minimum Gasteiger partial charge on any atom is -0.372 e. The molecule has 2 aliphatic rings. The molecule has 0 radical (unpaired) electrons. The summed E-state index contributed by atoms with van der Waals surface area (Å²) in [6.45, 7) is 3.31. The van der Waals surface area contributed by atoms with Crippen molar-refractivity contribution in [2.45, 2.75) is 63.6 Å². The maximum Gasteiger partial charge on any atom is 0.275 e. The molecule has 1 saturated carbocycles. The highest BCUT2D eigenvalue weighted by Gasteiger charge is 2.25. The number of hydrogen-bond acceptors (Lipinski definition) is 3. The SMILES string of the molecule is O=C(C[NH+](Cc1cccs1)C[C@@H]1CCCO1)NC1CCCCC1. The molecule has 2 atom stereocenters. The van der Waals surface area contributed by atoms with Gasteiger partial charge in [0.05, 0.1) is 4.88 Å². The van der Waals surface area contributed by atoms with Gasteiger partial charge < -0.3 is 15.0 Å². The van der Waals surface area contributed by atoms with Gasteiger partial charge in [-0.05, 0) is 37.1 Å². The summed E-state index contributed by atoms with van der Waals surface area (Å²) in [5.74, 6) is 0.210. The van der Waals surface area contributed by atoms with Crippen molar-refractivity contribution in [1.29, 1.82) is 0 Å². The number of amides is 1. The van der Waals surface area contributed by atoms with E-state index in [0.29, 0.717) is 18.7 Å². The lowest BCUT2D eigenvalue weighted by Gasteiger charge is -2.25. The van der Waals surface area contributed by atoms with Crippen LogP contribution in [0.3, 0.4) is 0 Å². The molecule has 1 aromatic heterocycles. The molecule has 4 nitrogen and oxygen atoms in total. The predicted molar refractivity (Wildman–Crippen MR) is 92.7 cm³/mol. The van der Waals surface area contributed by atoms with Crippen LogP contribution in [-0.4, -0.2) is 37.7 Å². The third-order valence-electron chi connectivity index (χ3n) is 4.93. The predicted octanol–water partition coefficient (Wildman–Crippen LogP) is 1.76. The molecule has 2 heterocycles.